The Hall–Kier alpha value is -3.48. The van der Waals surface area contributed by atoms with Crippen molar-refractivity contribution >= 4 is 22.5 Å². The van der Waals surface area contributed by atoms with Gasteiger partial charge in [-0.3, -0.25) is 0 Å². The third-order valence-corrected chi connectivity index (χ3v) is 3.80. The Bertz CT molecular complexity index is 1080. The average Bonchev–Trinajstić information content (AvgIpc) is 2.93. The first kappa shape index (κ1) is 15.1. The van der Waals surface area contributed by atoms with Crippen LogP contribution in [0.5, 0.6) is 5.75 Å². The van der Waals surface area contributed by atoms with E-state index in [0.717, 1.165) is 5.39 Å². The summed E-state index contributed by atoms with van der Waals surface area (Å²) in [5, 5.41) is 18.0. The maximum atomic E-state index is 13.6. The third kappa shape index (κ3) is 2.76. The lowest BCUT2D eigenvalue weighted by molar-refractivity contribution is 0.475. The Labute approximate surface area is 142 Å². The molecule has 0 saturated heterocycles. The molecule has 0 aliphatic carbocycles. The molecule has 124 valence electrons. The number of aryl methyl sites for hydroxylation is 1. The van der Waals surface area contributed by atoms with Crippen molar-refractivity contribution in [1.82, 2.24) is 19.7 Å². The van der Waals surface area contributed by atoms with Gasteiger partial charge in [-0.15, -0.1) is 0 Å². The number of anilines is 2. The molecule has 0 atom stereocenters. The molecule has 0 amide bonds. The standard InChI is InChI=1S/C18H14FN5O/c1-11-16-17(22-13-5-3-7-15(25)9-13)20-10-21-18(16)24(23-11)14-6-2-4-12(19)8-14/h2-10,25H,1H3,(H,20,21,22). The van der Waals surface area contributed by atoms with E-state index in [1.807, 2.05) is 13.0 Å². The first-order valence-corrected chi connectivity index (χ1v) is 7.64. The van der Waals surface area contributed by atoms with Crippen LogP contribution < -0.4 is 5.32 Å². The van der Waals surface area contributed by atoms with Crippen LogP contribution in [0, 0.1) is 12.7 Å². The van der Waals surface area contributed by atoms with E-state index in [1.54, 1.807) is 35.0 Å². The van der Waals surface area contributed by atoms with Crippen LogP contribution in [0.25, 0.3) is 16.7 Å². The van der Waals surface area contributed by atoms with Gasteiger partial charge in [0.05, 0.1) is 16.8 Å². The minimum absolute atomic E-state index is 0.155. The summed E-state index contributed by atoms with van der Waals surface area (Å²) in [4.78, 5) is 8.59. The van der Waals surface area contributed by atoms with Gasteiger partial charge in [0.2, 0.25) is 0 Å². The number of nitrogens with zero attached hydrogens (tertiary/aromatic N) is 4. The lowest BCUT2D eigenvalue weighted by atomic mass is 10.2. The van der Waals surface area contributed by atoms with Gasteiger partial charge in [0.1, 0.15) is 23.7 Å². The number of halogens is 1. The highest BCUT2D eigenvalue weighted by molar-refractivity contribution is 5.91. The zero-order valence-electron chi connectivity index (χ0n) is 13.3. The summed E-state index contributed by atoms with van der Waals surface area (Å²) in [6, 6.07) is 12.9. The Kier molecular flexibility index (Phi) is 3.53. The normalized spacial score (nSPS) is 11.0. The van der Waals surface area contributed by atoms with Crippen molar-refractivity contribution in [3.05, 3.63) is 66.4 Å². The van der Waals surface area contributed by atoms with Crippen molar-refractivity contribution < 1.29 is 9.50 Å². The third-order valence-electron chi connectivity index (χ3n) is 3.80. The summed E-state index contributed by atoms with van der Waals surface area (Å²) in [5.74, 6) is 0.379. The summed E-state index contributed by atoms with van der Waals surface area (Å²) < 4.78 is 15.1. The number of rotatable bonds is 3. The highest BCUT2D eigenvalue weighted by atomic mass is 19.1. The summed E-state index contributed by atoms with van der Waals surface area (Å²) in [5.41, 5.74) is 2.56. The number of benzene rings is 2. The van der Waals surface area contributed by atoms with E-state index in [2.05, 4.69) is 20.4 Å². The molecule has 4 aromatic rings. The van der Waals surface area contributed by atoms with Gasteiger partial charge < -0.3 is 10.4 Å². The van der Waals surface area contributed by atoms with Crippen LogP contribution in [0.2, 0.25) is 0 Å². The van der Waals surface area contributed by atoms with Crippen molar-refractivity contribution in [2.45, 2.75) is 6.92 Å². The molecule has 4 rings (SSSR count). The molecule has 0 bridgehead atoms. The second kappa shape index (κ2) is 5.86. The molecule has 2 N–H and O–H groups in total. The maximum Gasteiger partial charge on any atom is 0.168 e. The summed E-state index contributed by atoms with van der Waals surface area (Å²) in [6.45, 7) is 1.84. The molecule has 25 heavy (non-hydrogen) atoms. The lowest BCUT2D eigenvalue weighted by Gasteiger charge is -2.07. The molecule has 0 fully saturated rings. The molecule has 0 radical (unpaired) electrons. The average molecular weight is 335 g/mol. The smallest absolute Gasteiger partial charge is 0.168 e. The number of hydrogen-bond acceptors (Lipinski definition) is 5. The quantitative estimate of drug-likeness (QED) is 0.597. The molecule has 2 heterocycles. The molecule has 2 aromatic carbocycles. The van der Waals surface area contributed by atoms with Crippen LogP contribution in [0.3, 0.4) is 0 Å². The van der Waals surface area contributed by atoms with Gasteiger partial charge in [-0.25, -0.2) is 19.0 Å². The van der Waals surface area contributed by atoms with Crippen molar-refractivity contribution in [2.24, 2.45) is 0 Å². The van der Waals surface area contributed by atoms with E-state index in [9.17, 15) is 9.50 Å². The fourth-order valence-electron chi connectivity index (χ4n) is 2.72. The topological polar surface area (TPSA) is 75.9 Å². The summed E-state index contributed by atoms with van der Waals surface area (Å²) in [6.07, 6.45) is 1.42. The number of hydrogen-bond donors (Lipinski definition) is 2. The SMILES string of the molecule is Cc1nn(-c2cccc(F)c2)c2ncnc(Nc3cccc(O)c3)c12. The fraction of sp³-hybridized carbons (Fsp3) is 0.0556. The number of nitrogens with one attached hydrogen (secondary N) is 1. The van der Waals surface area contributed by atoms with Crippen LogP contribution >= 0.6 is 0 Å². The molecule has 0 spiro atoms. The maximum absolute atomic E-state index is 13.6. The number of aromatic hydroxyl groups is 1. The van der Waals surface area contributed by atoms with E-state index >= 15 is 0 Å². The Morgan fingerprint density at radius 1 is 1.08 bits per heavy atom. The fourth-order valence-corrected chi connectivity index (χ4v) is 2.72. The first-order valence-electron chi connectivity index (χ1n) is 7.64. The van der Waals surface area contributed by atoms with Gasteiger partial charge in [0, 0.05) is 11.8 Å². The van der Waals surface area contributed by atoms with Crippen LogP contribution in [0.4, 0.5) is 15.9 Å². The summed E-state index contributed by atoms with van der Waals surface area (Å²) in [7, 11) is 0. The van der Waals surface area contributed by atoms with E-state index in [-0.39, 0.29) is 11.6 Å². The lowest BCUT2D eigenvalue weighted by Crippen LogP contribution is -1.99. The van der Waals surface area contributed by atoms with Crippen molar-refractivity contribution in [2.75, 3.05) is 5.32 Å². The van der Waals surface area contributed by atoms with Gasteiger partial charge in [-0.05, 0) is 37.3 Å². The second-order valence-electron chi connectivity index (χ2n) is 5.57. The number of fused-ring (bicyclic) bond motifs is 1. The molecular formula is C18H14FN5O. The first-order chi connectivity index (χ1) is 12.1. The number of phenols is 1. The van der Waals surface area contributed by atoms with Crippen molar-refractivity contribution in [3.8, 4) is 11.4 Å². The molecular weight excluding hydrogens is 321 g/mol. The predicted molar refractivity (Wildman–Crippen MR) is 92.7 cm³/mol. The molecule has 2 aromatic heterocycles. The van der Waals surface area contributed by atoms with Crippen LogP contribution in [0.1, 0.15) is 5.69 Å². The van der Waals surface area contributed by atoms with Gasteiger partial charge in [-0.1, -0.05) is 12.1 Å². The predicted octanol–water partition coefficient (Wildman–Crippen LogP) is 3.71. The van der Waals surface area contributed by atoms with Gasteiger partial charge >= 0.3 is 0 Å². The van der Waals surface area contributed by atoms with Gasteiger partial charge in [0.25, 0.3) is 0 Å². The molecule has 0 aliphatic heterocycles. The highest BCUT2D eigenvalue weighted by Gasteiger charge is 2.15. The zero-order valence-corrected chi connectivity index (χ0v) is 13.3. The highest BCUT2D eigenvalue weighted by Crippen LogP contribution is 2.28. The zero-order chi connectivity index (χ0) is 17.4. The number of phenolic OH excluding ortho intramolecular Hbond substituents is 1. The van der Waals surface area contributed by atoms with Gasteiger partial charge in [-0.2, -0.15) is 5.10 Å². The second-order valence-corrected chi connectivity index (χ2v) is 5.57. The van der Waals surface area contributed by atoms with E-state index in [4.69, 9.17) is 0 Å². The Morgan fingerprint density at radius 2 is 1.92 bits per heavy atom. The molecule has 7 heteroatoms. The Morgan fingerprint density at radius 3 is 2.72 bits per heavy atom. The van der Waals surface area contributed by atoms with E-state index in [1.165, 1.54) is 18.5 Å². The van der Waals surface area contributed by atoms with Gasteiger partial charge in [0.15, 0.2) is 5.65 Å². The van der Waals surface area contributed by atoms with Crippen molar-refractivity contribution in [3.63, 3.8) is 0 Å². The van der Waals surface area contributed by atoms with Crippen molar-refractivity contribution in [1.29, 1.82) is 0 Å². The van der Waals surface area contributed by atoms with Crippen LogP contribution in [-0.2, 0) is 0 Å². The Balaban J connectivity index is 1.85. The largest absolute Gasteiger partial charge is 0.508 e. The monoisotopic (exact) mass is 335 g/mol. The van der Waals surface area contributed by atoms with Crippen LogP contribution in [-0.4, -0.2) is 24.9 Å². The summed E-state index contributed by atoms with van der Waals surface area (Å²) >= 11 is 0. The molecule has 6 nitrogen and oxygen atoms in total. The minimum Gasteiger partial charge on any atom is -0.508 e. The molecule has 0 saturated carbocycles. The number of aromatic nitrogens is 4. The van der Waals surface area contributed by atoms with E-state index < -0.39 is 0 Å². The van der Waals surface area contributed by atoms with E-state index in [0.29, 0.717) is 28.5 Å². The minimum atomic E-state index is -0.342. The van der Waals surface area contributed by atoms with Crippen LogP contribution in [0.15, 0.2) is 54.9 Å². The molecule has 0 unspecified atom stereocenters. The molecule has 0 aliphatic rings.